The van der Waals surface area contributed by atoms with E-state index in [2.05, 4.69) is 20.6 Å². The minimum atomic E-state index is -0.331. The van der Waals surface area contributed by atoms with E-state index in [-0.39, 0.29) is 11.6 Å². The number of rotatable bonds is 6. The number of hydrogen-bond acceptors (Lipinski definition) is 6. The van der Waals surface area contributed by atoms with Crippen LogP contribution in [0.1, 0.15) is 16.3 Å². The molecule has 3 aromatic rings. The number of hydrogen-bond donors (Lipinski definition) is 2. The first-order valence-corrected chi connectivity index (χ1v) is 8.29. The van der Waals surface area contributed by atoms with Gasteiger partial charge in [-0.05, 0) is 31.2 Å². The molecule has 2 N–H and O–H groups in total. The molecule has 0 aliphatic rings. The lowest BCUT2D eigenvalue weighted by molar-refractivity contribution is 0.102. The van der Waals surface area contributed by atoms with Crippen LogP contribution in [0.15, 0.2) is 54.6 Å². The summed E-state index contributed by atoms with van der Waals surface area (Å²) in [7, 11) is 3.18. The number of ether oxygens (including phenoxy) is 2. The lowest BCUT2D eigenvalue weighted by Gasteiger charge is -2.10. The fraction of sp³-hybridized carbons (Fsp3) is 0.150. The molecule has 1 aromatic heterocycles. The van der Waals surface area contributed by atoms with E-state index >= 15 is 0 Å². The monoisotopic (exact) mass is 364 g/mol. The molecular formula is C20H20N4O3. The molecule has 0 aliphatic heterocycles. The van der Waals surface area contributed by atoms with E-state index in [1.54, 1.807) is 51.5 Å². The zero-order valence-corrected chi connectivity index (χ0v) is 15.3. The highest BCUT2D eigenvalue weighted by atomic mass is 16.5. The van der Waals surface area contributed by atoms with Crippen LogP contribution in [-0.4, -0.2) is 30.1 Å². The second-order valence-corrected chi connectivity index (χ2v) is 5.73. The van der Waals surface area contributed by atoms with Crippen molar-refractivity contribution in [3.05, 3.63) is 66.1 Å². The summed E-state index contributed by atoms with van der Waals surface area (Å²) in [4.78, 5) is 21.1. The average Bonchev–Trinajstić information content (AvgIpc) is 2.67. The van der Waals surface area contributed by atoms with E-state index in [0.29, 0.717) is 23.1 Å². The molecule has 0 fully saturated rings. The third kappa shape index (κ3) is 4.72. The van der Waals surface area contributed by atoms with Gasteiger partial charge in [0.15, 0.2) is 0 Å². The number of nitrogens with one attached hydrogen (secondary N) is 2. The highest BCUT2D eigenvalue weighted by Gasteiger charge is 2.12. The number of amides is 1. The molecule has 0 radical (unpaired) electrons. The summed E-state index contributed by atoms with van der Waals surface area (Å²) >= 11 is 0. The van der Waals surface area contributed by atoms with Crippen molar-refractivity contribution < 1.29 is 14.3 Å². The number of benzene rings is 2. The first-order chi connectivity index (χ1) is 13.1. The molecule has 0 atom stereocenters. The fourth-order valence-corrected chi connectivity index (χ4v) is 2.49. The summed E-state index contributed by atoms with van der Waals surface area (Å²) in [6.45, 7) is 1.74. The van der Waals surface area contributed by atoms with Gasteiger partial charge in [-0.2, -0.15) is 0 Å². The van der Waals surface area contributed by atoms with Crippen LogP contribution in [0, 0.1) is 6.92 Å². The van der Waals surface area contributed by atoms with Gasteiger partial charge in [-0.25, -0.2) is 9.97 Å². The van der Waals surface area contributed by atoms with Crippen LogP contribution in [0.2, 0.25) is 0 Å². The third-order valence-electron chi connectivity index (χ3n) is 3.74. The molecule has 7 nitrogen and oxygen atoms in total. The second kappa shape index (κ2) is 8.18. The van der Waals surface area contributed by atoms with Gasteiger partial charge in [-0.15, -0.1) is 0 Å². The topological polar surface area (TPSA) is 85.4 Å². The molecule has 27 heavy (non-hydrogen) atoms. The van der Waals surface area contributed by atoms with Crippen LogP contribution in [0.5, 0.6) is 11.5 Å². The second-order valence-electron chi connectivity index (χ2n) is 5.73. The highest BCUT2D eigenvalue weighted by Crippen LogP contribution is 2.21. The van der Waals surface area contributed by atoms with Gasteiger partial charge in [-0.3, -0.25) is 4.79 Å². The predicted octanol–water partition coefficient (Wildman–Crippen LogP) is 3.80. The summed E-state index contributed by atoms with van der Waals surface area (Å²) in [5.74, 6) is 2.06. The van der Waals surface area contributed by atoms with E-state index < -0.39 is 0 Å². The standard InChI is InChI=1S/C20H20N4O3/c1-13-21-18(20(25)24-15-7-5-9-17(11-15)27-3)12-19(22-13)23-14-6-4-8-16(10-14)26-2/h4-12H,1-3H3,(H,24,25)(H,21,22,23). The van der Waals surface area contributed by atoms with Crippen molar-refractivity contribution in [3.8, 4) is 11.5 Å². The van der Waals surface area contributed by atoms with Gasteiger partial charge in [0.2, 0.25) is 0 Å². The van der Waals surface area contributed by atoms with Crippen molar-refractivity contribution in [2.45, 2.75) is 6.92 Å². The van der Waals surface area contributed by atoms with Crippen molar-refractivity contribution >= 4 is 23.1 Å². The molecule has 0 saturated heterocycles. The van der Waals surface area contributed by atoms with Crippen LogP contribution in [0.25, 0.3) is 0 Å². The van der Waals surface area contributed by atoms with Crippen LogP contribution >= 0.6 is 0 Å². The summed E-state index contributed by atoms with van der Waals surface area (Å²) in [5.41, 5.74) is 1.68. The first kappa shape index (κ1) is 18.2. The molecule has 0 aliphatic carbocycles. The molecule has 7 heteroatoms. The first-order valence-electron chi connectivity index (χ1n) is 8.29. The molecule has 0 bridgehead atoms. The Morgan fingerprint density at radius 2 is 1.52 bits per heavy atom. The number of methoxy groups -OCH3 is 2. The average molecular weight is 364 g/mol. The van der Waals surface area contributed by atoms with Gasteiger partial charge >= 0.3 is 0 Å². The van der Waals surface area contributed by atoms with Gasteiger partial charge in [0.25, 0.3) is 5.91 Å². The molecule has 138 valence electrons. The Balaban J connectivity index is 1.80. The zero-order chi connectivity index (χ0) is 19.2. The summed E-state index contributed by atoms with van der Waals surface area (Å²) in [5, 5.41) is 5.98. The fourth-order valence-electron chi connectivity index (χ4n) is 2.49. The van der Waals surface area contributed by atoms with Crippen LogP contribution in [0.3, 0.4) is 0 Å². The van der Waals surface area contributed by atoms with Crippen molar-refractivity contribution in [2.75, 3.05) is 24.9 Å². The van der Waals surface area contributed by atoms with Gasteiger partial charge < -0.3 is 20.1 Å². The number of nitrogens with zero attached hydrogens (tertiary/aromatic N) is 2. The molecule has 0 spiro atoms. The Labute approximate surface area is 157 Å². The number of aromatic nitrogens is 2. The smallest absolute Gasteiger partial charge is 0.274 e. The van der Waals surface area contributed by atoms with E-state index in [0.717, 1.165) is 11.4 Å². The number of aryl methyl sites for hydroxylation is 1. The molecule has 0 unspecified atom stereocenters. The Hall–Kier alpha value is -3.61. The van der Waals surface area contributed by atoms with Crippen LogP contribution in [-0.2, 0) is 0 Å². The lowest BCUT2D eigenvalue weighted by atomic mass is 10.2. The van der Waals surface area contributed by atoms with Crippen LogP contribution < -0.4 is 20.1 Å². The molecule has 3 rings (SSSR count). The van der Waals surface area contributed by atoms with E-state index in [4.69, 9.17) is 9.47 Å². The van der Waals surface area contributed by atoms with E-state index in [9.17, 15) is 4.79 Å². The Morgan fingerprint density at radius 3 is 2.19 bits per heavy atom. The maximum Gasteiger partial charge on any atom is 0.274 e. The lowest BCUT2D eigenvalue weighted by Crippen LogP contribution is -2.15. The molecule has 1 amide bonds. The normalized spacial score (nSPS) is 10.2. The molecule has 0 saturated carbocycles. The van der Waals surface area contributed by atoms with Crippen molar-refractivity contribution in [3.63, 3.8) is 0 Å². The summed E-state index contributed by atoms with van der Waals surface area (Å²) in [6.07, 6.45) is 0. The number of carbonyl (C=O) groups is 1. The van der Waals surface area contributed by atoms with Crippen LogP contribution in [0.4, 0.5) is 17.2 Å². The SMILES string of the molecule is COc1cccc(NC(=O)c2cc(Nc3cccc(OC)c3)nc(C)n2)c1. The van der Waals surface area contributed by atoms with E-state index in [1.807, 2.05) is 24.3 Å². The minimum absolute atomic E-state index is 0.260. The van der Waals surface area contributed by atoms with Gasteiger partial charge in [0.05, 0.1) is 14.2 Å². The highest BCUT2D eigenvalue weighted by molar-refractivity contribution is 6.03. The van der Waals surface area contributed by atoms with Crippen molar-refractivity contribution in [2.24, 2.45) is 0 Å². The quantitative estimate of drug-likeness (QED) is 0.692. The predicted molar refractivity (Wildman–Crippen MR) is 104 cm³/mol. The minimum Gasteiger partial charge on any atom is -0.497 e. The Morgan fingerprint density at radius 1 is 0.889 bits per heavy atom. The maximum atomic E-state index is 12.6. The number of carbonyl (C=O) groups excluding carboxylic acids is 1. The Bertz CT molecular complexity index is 959. The van der Waals surface area contributed by atoms with Crippen molar-refractivity contribution in [1.82, 2.24) is 9.97 Å². The zero-order valence-electron chi connectivity index (χ0n) is 15.3. The third-order valence-corrected chi connectivity index (χ3v) is 3.74. The largest absolute Gasteiger partial charge is 0.497 e. The molecular weight excluding hydrogens is 344 g/mol. The van der Waals surface area contributed by atoms with Gasteiger partial charge in [0, 0.05) is 29.6 Å². The molecule has 2 aromatic carbocycles. The Kier molecular flexibility index (Phi) is 5.51. The summed E-state index contributed by atoms with van der Waals surface area (Å²) < 4.78 is 10.4. The van der Waals surface area contributed by atoms with Crippen molar-refractivity contribution in [1.29, 1.82) is 0 Å². The van der Waals surface area contributed by atoms with Gasteiger partial charge in [-0.1, -0.05) is 12.1 Å². The number of anilines is 3. The van der Waals surface area contributed by atoms with E-state index in [1.165, 1.54) is 0 Å². The van der Waals surface area contributed by atoms with Gasteiger partial charge in [0.1, 0.15) is 28.8 Å². The molecule has 1 heterocycles. The maximum absolute atomic E-state index is 12.6. The summed E-state index contributed by atoms with van der Waals surface area (Å²) in [6, 6.07) is 16.2.